The molecular weight excluding hydrogens is 476 g/mol. The second-order valence-electron chi connectivity index (χ2n) is 10.9. The van der Waals surface area contributed by atoms with Gasteiger partial charge in [0, 0.05) is 17.9 Å². The Labute approximate surface area is 221 Å². The first kappa shape index (κ1) is 29.7. The van der Waals surface area contributed by atoms with E-state index in [2.05, 4.69) is 72.4 Å². The number of halogens is 1. The van der Waals surface area contributed by atoms with Gasteiger partial charge in [0.15, 0.2) is 0 Å². The van der Waals surface area contributed by atoms with Crippen molar-refractivity contribution in [1.82, 2.24) is 4.90 Å². The molecular formula is C29H41ClN2O4. The average molecular weight is 517 g/mol. The molecule has 0 amide bonds. The SMILES string of the molecule is CC1(C(=O)O)CCC(C(=O)O)C1(C)C.CN(C)CCCN1c2ccccc2CCc2ccccc21.Cl. The number of carboxylic acids is 2. The van der Waals surface area contributed by atoms with Gasteiger partial charge in [-0.15, -0.1) is 12.4 Å². The summed E-state index contributed by atoms with van der Waals surface area (Å²) in [4.78, 5) is 26.8. The van der Waals surface area contributed by atoms with Gasteiger partial charge in [0.05, 0.1) is 11.3 Å². The highest BCUT2D eigenvalue weighted by molar-refractivity contribution is 5.85. The highest BCUT2D eigenvalue weighted by Gasteiger charge is 2.58. The number of benzene rings is 2. The molecule has 1 fully saturated rings. The summed E-state index contributed by atoms with van der Waals surface area (Å²) < 4.78 is 0. The van der Waals surface area contributed by atoms with Crippen molar-refractivity contribution in [3.8, 4) is 0 Å². The molecule has 0 bridgehead atoms. The molecule has 2 unspecified atom stereocenters. The smallest absolute Gasteiger partial charge is 0.309 e. The maximum Gasteiger partial charge on any atom is 0.309 e. The van der Waals surface area contributed by atoms with Gasteiger partial charge in [0.2, 0.25) is 0 Å². The van der Waals surface area contributed by atoms with Crippen LogP contribution >= 0.6 is 12.4 Å². The molecule has 1 saturated carbocycles. The van der Waals surface area contributed by atoms with E-state index in [1.807, 2.05) is 0 Å². The summed E-state index contributed by atoms with van der Waals surface area (Å²) in [7, 11) is 4.29. The van der Waals surface area contributed by atoms with Crippen LogP contribution in [0.15, 0.2) is 48.5 Å². The van der Waals surface area contributed by atoms with E-state index in [0.717, 1.165) is 25.9 Å². The van der Waals surface area contributed by atoms with Gasteiger partial charge in [-0.3, -0.25) is 9.59 Å². The van der Waals surface area contributed by atoms with E-state index >= 15 is 0 Å². The van der Waals surface area contributed by atoms with Crippen LogP contribution in [0.25, 0.3) is 0 Å². The molecule has 2 N–H and O–H groups in total. The number of carbonyl (C=O) groups is 2. The van der Waals surface area contributed by atoms with Crippen molar-refractivity contribution in [3.63, 3.8) is 0 Å². The highest BCUT2D eigenvalue weighted by atomic mass is 35.5. The van der Waals surface area contributed by atoms with E-state index in [4.69, 9.17) is 10.2 Å². The van der Waals surface area contributed by atoms with Gasteiger partial charge >= 0.3 is 11.9 Å². The fourth-order valence-corrected chi connectivity index (χ4v) is 5.47. The summed E-state index contributed by atoms with van der Waals surface area (Å²) in [6, 6.07) is 17.7. The standard InChI is InChI=1S/C19H24N2.C10H16O4.ClH/c1-20(2)14-7-15-21-18-10-5-3-8-16(18)12-13-17-9-4-6-11-19(17)21;1-9(2)6(7(11)12)4-5-10(9,3)8(13)14;/h3-6,8-11H,7,12-15H2,1-2H3;6H,4-5H2,1-3H3,(H,11,12)(H,13,14);1H. The molecule has 0 spiro atoms. The summed E-state index contributed by atoms with van der Waals surface area (Å²) >= 11 is 0. The average Bonchev–Trinajstić information content (AvgIpc) is 2.96. The zero-order valence-corrected chi connectivity index (χ0v) is 23.0. The molecule has 7 heteroatoms. The number of fused-ring (bicyclic) bond motifs is 2. The van der Waals surface area contributed by atoms with E-state index in [-0.39, 0.29) is 12.4 Å². The molecule has 36 heavy (non-hydrogen) atoms. The Kier molecular flexibility index (Phi) is 9.98. The van der Waals surface area contributed by atoms with Crippen molar-refractivity contribution in [1.29, 1.82) is 0 Å². The molecule has 2 aromatic carbocycles. The zero-order chi connectivity index (χ0) is 25.8. The van der Waals surface area contributed by atoms with E-state index in [1.54, 1.807) is 20.8 Å². The van der Waals surface area contributed by atoms with Crippen molar-refractivity contribution < 1.29 is 19.8 Å². The minimum atomic E-state index is -0.921. The number of aliphatic carboxylic acids is 2. The van der Waals surface area contributed by atoms with Gasteiger partial charge in [0.25, 0.3) is 0 Å². The molecule has 2 atom stereocenters. The topological polar surface area (TPSA) is 81.1 Å². The molecule has 0 saturated heterocycles. The second-order valence-corrected chi connectivity index (χ2v) is 10.9. The third-order valence-electron chi connectivity index (χ3n) is 8.21. The summed E-state index contributed by atoms with van der Waals surface area (Å²) in [6.07, 6.45) is 4.34. The zero-order valence-electron chi connectivity index (χ0n) is 22.2. The van der Waals surface area contributed by atoms with Crippen LogP contribution in [0.5, 0.6) is 0 Å². The first-order valence-corrected chi connectivity index (χ1v) is 12.5. The van der Waals surface area contributed by atoms with Crippen LogP contribution in [-0.2, 0) is 22.4 Å². The number of anilines is 2. The fraction of sp³-hybridized carbons (Fsp3) is 0.517. The van der Waals surface area contributed by atoms with E-state index in [0.29, 0.717) is 12.8 Å². The second kappa shape index (κ2) is 12.1. The number of carboxylic acid groups (broad SMARTS) is 2. The minimum absolute atomic E-state index is 0. The third-order valence-corrected chi connectivity index (χ3v) is 8.21. The summed E-state index contributed by atoms with van der Waals surface area (Å²) in [5.74, 6) is -2.34. The minimum Gasteiger partial charge on any atom is -0.481 e. The van der Waals surface area contributed by atoms with Gasteiger partial charge < -0.3 is 20.0 Å². The first-order chi connectivity index (χ1) is 16.5. The quantitative estimate of drug-likeness (QED) is 0.498. The van der Waals surface area contributed by atoms with E-state index in [1.165, 1.54) is 28.9 Å². The Morgan fingerprint density at radius 2 is 1.44 bits per heavy atom. The Bertz CT molecular complexity index is 1010. The number of hydrogen-bond acceptors (Lipinski definition) is 4. The Morgan fingerprint density at radius 1 is 0.944 bits per heavy atom. The van der Waals surface area contributed by atoms with Gasteiger partial charge in [-0.1, -0.05) is 50.2 Å². The predicted octanol–water partition coefficient (Wildman–Crippen LogP) is 5.89. The lowest BCUT2D eigenvalue weighted by Crippen LogP contribution is -2.42. The largest absolute Gasteiger partial charge is 0.481 e. The maximum absolute atomic E-state index is 11.1. The molecule has 1 aliphatic carbocycles. The number of hydrogen-bond donors (Lipinski definition) is 2. The van der Waals surface area contributed by atoms with Crippen LogP contribution in [-0.4, -0.2) is 54.2 Å². The molecule has 2 aromatic rings. The van der Waals surface area contributed by atoms with Gasteiger partial charge in [-0.05, 0) is 88.3 Å². The summed E-state index contributed by atoms with van der Waals surface area (Å²) in [5.41, 5.74) is 4.11. The highest BCUT2D eigenvalue weighted by Crippen LogP contribution is 2.56. The van der Waals surface area contributed by atoms with E-state index < -0.39 is 28.7 Å². The molecule has 4 rings (SSSR count). The Hall–Kier alpha value is -2.57. The predicted molar refractivity (Wildman–Crippen MR) is 148 cm³/mol. The van der Waals surface area contributed by atoms with Crippen molar-refractivity contribution in [2.75, 3.05) is 32.1 Å². The molecule has 1 aliphatic heterocycles. The summed E-state index contributed by atoms with van der Waals surface area (Å²) in [6.45, 7) is 7.30. The fourth-order valence-electron chi connectivity index (χ4n) is 5.47. The van der Waals surface area contributed by atoms with Crippen molar-refractivity contribution in [3.05, 3.63) is 59.7 Å². The number of rotatable bonds is 6. The van der Waals surface area contributed by atoms with Crippen LogP contribution in [0.2, 0.25) is 0 Å². The van der Waals surface area contributed by atoms with Crippen molar-refractivity contribution >= 4 is 35.7 Å². The number of para-hydroxylation sites is 2. The Morgan fingerprint density at radius 3 is 1.83 bits per heavy atom. The van der Waals surface area contributed by atoms with Crippen LogP contribution in [0.4, 0.5) is 11.4 Å². The summed E-state index contributed by atoms with van der Waals surface area (Å²) in [5, 5.41) is 18.1. The number of aryl methyl sites for hydroxylation is 2. The lowest BCUT2D eigenvalue weighted by molar-refractivity contribution is -0.157. The van der Waals surface area contributed by atoms with Crippen LogP contribution < -0.4 is 4.90 Å². The lowest BCUT2D eigenvalue weighted by atomic mass is 9.66. The van der Waals surface area contributed by atoms with Gasteiger partial charge in [0.1, 0.15) is 0 Å². The third kappa shape index (κ3) is 6.04. The molecule has 2 aliphatic rings. The van der Waals surface area contributed by atoms with Crippen LogP contribution in [0.1, 0.15) is 51.2 Å². The molecule has 198 valence electrons. The normalized spacial score (nSPS) is 21.8. The van der Waals surface area contributed by atoms with Gasteiger partial charge in [-0.25, -0.2) is 0 Å². The first-order valence-electron chi connectivity index (χ1n) is 12.5. The van der Waals surface area contributed by atoms with E-state index in [9.17, 15) is 9.59 Å². The molecule has 1 heterocycles. The van der Waals surface area contributed by atoms with Crippen molar-refractivity contribution in [2.24, 2.45) is 16.7 Å². The number of nitrogens with zero attached hydrogens (tertiary/aromatic N) is 2. The van der Waals surface area contributed by atoms with Crippen LogP contribution in [0.3, 0.4) is 0 Å². The maximum atomic E-state index is 11.1. The molecule has 6 nitrogen and oxygen atoms in total. The lowest BCUT2D eigenvalue weighted by Gasteiger charge is -2.36. The molecule has 0 radical (unpaired) electrons. The van der Waals surface area contributed by atoms with Crippen molar-refractivity contribution in [2.45, 2.75) is 52.9 Å². The van der Waals surface area contributed by atoms with Gasteiger partial charge in [-0.2, -0.15) is 0 Å². The molecule has 0 aromatic heterocycles. The van der Waals surface area contributed by atoms with Crippen LogP contribution in [0, 0.1) is 16.7 Å². The Balaban J connectivity index is 0.000000268. The monoisotopic (exact) mass is 516 g/mol.